The van der Waals surface area contributed by atoms with Crippen molar-refractivity contribution in [3.05, 3.63) is 35.9 Å². The van der Waals surface area contributed by atoms with Crippen LogP contribution < -0.4 is 5.32 Å². The van der Waals surface area contributed by atoms with Crippen LogP contribution in [0.15, 0.2) is 30.3 Å². The Bertz CT molecular complexity index is 474. The maximum absolute atomic E-state index is 12.2. The van der Waals surface area contributed by atoms with E-state index in [0.717, 1.165) is 5.56 Å². The predicted octanol–water partition coefficient (Wildman–Crippen LogP) is 1.74. The smallest absolute Gasteiger partial charge is 0.306 e. The zero-order valence-corrected chi connectivity index (χ0v) is 11.4. The van der Waals surface area contributed by atoms with Crippen LogP contribution in [0, 0.1) is 5.92 Å². The maximum atomic E-state index is 12.2. The van der Waals surface area contributed by atoms with Crippen LogP contribution in [0.4, 0.5) is 0 Å². The first-order valence-corrected chi connectivity index (χ1v) is 6.72. The summed E-state index contributed by atoms with van der Waals surface area (Å²) in [4.78, 5) is 23.1. The Labute approximate surface area is 117 Å². The van der Waals surface area contributed by atoms with Crippen LogP contribution >= 0.6 is 0 Å². The molecule has 1 aliphatic carbocycles. The third-order valence-electron chi connectivity index (χ3n) is 3.70. The Kier molecular flexibility index (Phi) is 4.74. The second-order valence-electron chi connectivity index (χ2n) is 5.08. The molecule has 1 saturated carbocycles. The highest BCUT2D eigenvalue weighted by Crippen LogP contribution is 2.26. The Balaban J connectivity index is 1.96. The average Bonchev–Trinajstić information content (AvgIpc) is 2.89. The van der Waals surface area contributed by atoms with Crippen molar-refractivity contribution in [1.82, 2.24) is 5.32 Å². The molecule has 3 atom stereocenters. The highest BCUT2D eigenvalue weighted by atomic mass is 16.5. The van der Waals surface area contributed by atoms with E-state index in [1.165, 1.54) is 7.11 Å². The molecule has 108 valence electrons. The van der Waals surface area contributed by atoms with Gasteiger partial charge in [0.05, 0.1) is 5.92 Å². The first kappa shape index (κ1) is 14.5. The third kappa shape index (κ3) is 3.36. The molecule has 0 spiro atoms. The summed E-state index contributed by atoms with van der Waals surface area (Å²) in [5.41, 5.74) is 0.792. The van der Waals surface area contributed by atoms with E-state index in [4.69, 9.17) is 9.84 Å². The minimum absolute atomic E-state index is 0.0787. The average molecular weight is 277 g/mol. The molecule has 0 aromatic heterocycles. The number of carbonyl (C=O) groups excluding carboxylic acids is 1. The Morgan fingerprint density at radius 2 is 2.00 bits per heavy atom. The Morgan fingerprint density at radius 3 is 2.55 bits per heavy atom. The Morgan fingerprint density at radius 1 is 1.30 bits per heavy atom. The number of carboxylic acid groups (broad SMARTS) is 1. The summed E-state index contributed by atoms with van der Waals surface area (Å²) in [5, 5.41) is 11.8. The van der Waals surface area contributed by atoms with Crippen molar-refractivity contribution in [1.29, 1.82) is 0 Å². The van der Waals surface area contributed by atoms with E-state index in [0.29, 0.717) is 19.3 Å². The fraction of sp³-hybridized carbons (Fsp3) is 0.467. The maximum Gasteiger partial charge on any atom is 0.306 e. The highest BCUT2D eigenvalue weighted by molar-refractivity contribution is 5.82. The van der Waals surface area contributed by atoms with Crippen LogP contribution in [0.2, 0.25) is 0 Å². The summed E-state index contributed by atoms with van der Waals surface area (Å²) in [6.07, 6.45) is 1.16. The Hall–Kier alpha value is -1.88. The van der Waals surface area contributed by atoms with Gasteiger partial charge in [-0.25, -0.2) is 0 Å². The zero-order chi connectivity index (χ0) is 14.5. The molecule has 20 heavy (non-hydrogen) atoms. The van der Waals surface area contributed by atoms with Crippen LogP contribution in [0.1, 0.15) is 30.9 Å². The van der Waals surface area contributed by atoms with E-state index in [2.05, 4.69) is 5.32 Å². The summed E-state index contributed by atoms with van der Waals surface area (Å²) in [7, 11) is 1.49. The standard InChI is InChI=1S/C15H19NO4/c1-20-13(10-5-3-2-4-6-10)14(17)16-12-8-7-11(9-12)15(18)19/h2-6,11-13H,7-9H2,1H3,(H,16,17)(H,18,19)/t11-,12+,13+/m0/s1. The number of nitrogens with one attached hydrogen (secondary N) is 1. The van der Waals surface area contributed by atoms with E-state index in [1.807, 2.05) is 30.3 Å². The van der Waals surface area contributed by atoms with Gasteiger partial charge in [0.1, 0.15) is 0 Å². The number of methoxy groups -OCH3 is 1. The number of ether oxygens (including phenoxy) is 1. The summed E-state index contributed by atoms with van der Waals surface area (Å²) < 4.78 is 5.25. The van der Waals surface area contributed by atoms with Gasteiger partial charge in [-0.15, -0.1) is 0 Å². The van der Waals surface area contributed by atoms with E-state index in [1.54, 1.807) is 0 Å². The molecule has 0 unspecified atom stereocenters. The van der Waals surface area contributed by atoms with Gasteiger partial charge < -0.3 is 15.2 Å². The summed E-state index contributed by atoms with van der Waals surface area (Å²) in [5.74, 6) is -1.35. The van der Waals surface area contributed by atoms with Crippen molar-refractivity contribution in [3.63, 3.8) is 0 Å². The molecule has 0 radical (unpaired) electrons. The number of benzene rings is 1. The normalized spacial score (nSPS) is 23.2. The lowest BCUT2D eigenvalue weighted by Crippen LogP contribution is -2.37. The molecule has 0 saturated heterocycles. The van der Waals surface area contributed by atoms with Crippen molar-refractivity contribution < 1.29 is 19.4 Å². The van der Waals surface area contributed by atoms with Crippen molar-refractivity contribution >= 4 is 11.9 Å². The zero-order valence-electron chi connectivity index (χ0n) is 11.4. The molecular formula is C15H19NO4. The fourth-order valence-electron chi connectivity index (χ4n) is 2.64. The minimum atomic E-state index is -0.784. The summed E-state index contributed by atoms with van der Waals surface area (Å²) >= 11 is 0. The molecule has 2 N–H and O–H groups in total. The largest absolute Gasteiger partial charge is 0.481 e. The number of amides is 1. The van der Waals surface area contributed by atoms with Gasteiger partial charge in [0.2, 0.25) is 0 Å². The number of carbonyl (C=O) groups is 2. The molecule has 1 aromatic rings. The van der Waals surface area contributed by atoms with Crippen molar-refractivity contribution in [2.75, 3.05) is 7.11 Å². The van der Waals surface area contributed by atoms with Crippen LogP contribution in [-0.4, -0.2) is 30.1 Å². The number of hydrogen-bond acceptors (Lipinski definition) is 3. The molecule has 1 aliphatic rings. The first-order chi connectivity index (χ1) is 9.61. The second-order valence-corrected chi connectivity index (χ2v) is 5.08. The molecular weight excluding hydrogens is 258 g/mol. The first-order valence-electron chi connectivity index (χ1n) is 6.72. The van der Waals surface area contributed by atoms with Gasteiger partial charge in [-0.1, -0.05) is 30.3 Å². The lowest BCUT2D eigenvalue weighted by atomic mass is 10.1. The minimum Gasteiger partial charge on any atom is -0.481 e. The lowest BCUT2D eigenvalue weighted by Gasteiger charge is -2.19. The van der Waals surface area contributed by atoms with Gasteiger partial charge in [-0.3, -0.25) is 9.59 Å². The van der Waals surface area contributed by atoms with Crippen LogP contribution in [0.3, 0.4) is 0 Å². The number of carboxylic acids is 1. The van der Waals surface area contributed by atoms with E-state index >= 15 is 0 Å². The van der Waals surface area contributed by atoms with Gasteiger partial charge in [-0.2, -0.15) is 0 Å². The van der Waals surface area contributed by atoms with Crippen molar-refractivity contribution in [2.24, 2.45) is 5.92 Å². The molecule has 1 aromatic carbocycles. The topological polar surface area (TPSA) is 75.6 Å². The van der Waals surface area contributed by atoms with Crippen molar-refractivity contribution in [3.8, 4) is 0 Å². The summed E-state index contributed by atoms with van der Waals surface area (Å²) in [6.45, 7) is 0. The number of hydrogen-bond donors (Lipinski definition) is 2. The van der Waals surface area contributed by atoms with Crippen molar-refractivity contribution in [2.45, 2.75) is 31.4 Å². The van der Waals surface area contributed by atoms with Gasteiger partial charge in [0, 0.05) is 13.2 Å². The quantitative estimate of drug-likeness (QED) is 0.859. The van der Waals surface area contributed by atoms with Crippen LogP contribution in [0.25, 0.3) is 0 Å². The highest BCUT2D eigenvalue weighted by Gasteiger charge is 2.32. The number of aliphatic carboxylic acids is 1. The van der Waals surface area contributed by atoms with E-state index < -0.39 is 12.1 Å². The SMILES string of the molecule is CO[C@@H](C(=O)N[C@@H]1CC[C@H](C(=O)O)C1)c1ccccc1. The molecule has 1 fully saturated rings. The van der Waals surface area contributed by atoms with Crippen LogP contribution in [0.5, 0.6) is 0 Å². The molecule has 2 rings (SSSR count). The monoisotopic (exact) mass is 277 g/mol. The molecule has 0 heterocycles. The summed E-state index contributed by atoms with van der Waals surface area (Å²) in [6, 6.07) is 9.17. The fourth-order valence-corrected chi connectivity index (χ4v) is 2.64. The van der Waals surface area contributed by atoms with E-state index in [9.17, 15) is 9.59 Å². The lowest BCUT2D eigenvalue weighted by molar-refractivity contribution is -0.141. The molecule has 5 nitrogen and oxygen atoms in total. The molecule has 1 amide bonds. The third-order valence-corrected chi connectivity index (χ3v) is 3.70. The second kappa shape index (κ2) is 6.52. The van der Waals surface area contributed by atoms with Crippen LogP contribution in [-0.2, 0) is 14.3 Å². The molecule has 0 aliphatic heterocycles. The van der Waals surface area contributed by atoms with Gasteiger partial charge in [0.15, 0.2) is 6.10 Å². The predicted molar refractivity (Wildman–Crippen MR) is 73.1 cm³/mol. The van der Waals surface area contributed by atoms with Gasteiger partial charge >= 0.3 is 5.97 Å². The van der Waals surface area contributed by atoms with E-state index in [-0.39, 0.29) is 17.9 Å². The number of rotatable bonds is 5. The molecule has 0 bridgehead atoms. The molecule has 5 heteroatoms. The van der Waals surface area contributed by atoms with Gasteiger partial charge in [0.25, 0.3) is 5.91 Å². The van der Waals surface area contributed by atoms with Gasteiger partial charge in [-0.05, 0) is 24.8 Å².